The standard InChI is InChI=1S/C21H21N3O2/c1-26-19-9-5-6-16(14-19)10-12-22-20-15-17(11-13-23-20)21(25)24-18-7-3-2-4-8-18/h2-9,11,13-15H,10,12H2,1H3,(H,22,23)(H,24,25). The lowest BCUT2D eigenvalue weighted by atomic mass is 10.1. The lowest BCUT2D eigenvalue weighted by Crippen LogP contribution is -2.13. The molecule has 0 unspecified atom stereocenters. The minimum atomic E-state index is -0.158. The number of nitrogens with zero attached hydrogens (tertiary/aromatic N) is 1. The van der Waals surface area contributed by atoms with Crippen LogP contribution < -0.4 is 15.4 Å². The summed E-state index contributed by atoms with van der Waals surface area (Å²) in [4.78, 5) is 16.6. The summed E-state index contributed by atoms with van der Waals surface area (Å²) < 4.78 is 5.23. The van der Waals surface area contributed by atoms with Gasteiger partial charge in [0.25, 0.3) is 5.91 Å². The first-order valence-electron chi connectivity index (χ1n) is 8.44. The van der Waals surface area contributed by atoms with Gasteiger partial charge in [0.05, 0.1) is 7.11 Å². The molecular weight excluding hydrogens is 326 g/mol. The van der Waals surface area contributed by atoms with E-state index in [1.165, 1.54) is 5.56 Å². The second kappa shape index (κ2) is 8.67. The lowest BCUT2D eigenvalue weighted by molar-refractivity contribution is 0.102. The number of para-hydroxylation sites is 1. The quantitative estimate of drug-likeness (QED) is 0.678. The molecule has 1 heterocycles. The molecule has 0 aliphatic rings. The van der Waals surface area contributed by atoms with Gasteiger partial charge in [-0.3, -0.25) is 4.79 Å². The molecular formula is C21H21N3O2. The summed E-state index contributed by atoms with van der Waals surface area (Å²) in [5, 5.41) is 6.13. The summed E-state index contributed by atoms with van der Waals surface area (Å²) in [5.41, 5.74) is 2.50. The summed E-state index contributed by atoms with van der Waals surface area (Å²) in [6.07, 6.45) is 2.47. The zero-order chi connectivity index (χ0) is 18.2. The van der Waals surface area contributed by atoms with Gasteiger partial charge in [-0.05, 0) is 48.4 Å². The van der Waals surface area contributed by atoms with Crippen LogP contribution in [0.4, 0.5) is 11.5 Å². The van der Waals surface area contributed by atoms with E-state index in [0.717, 1.165) is 17.9 Å². The predicted molar refractivity (Wildman–Crippen MR) is 104 cm³/mol. The van der Waals surface area contributed by atoms with Crippen molar-refractivity contribution >= 4 is 17.4 Å². The number of rotatable bonds is 7. The summed E-state index contributed by atoms with van der Waals surface area (Å²) in [7, 11) is 1.66. The van der Waals surface area contributed by atoms with E-state index in [2.05, 4.69) is 21.7 Å². The first-order valence-corrected chi connectivity index (χ1v) is 8.44. The molecule has 3 rings (SSSR count). The fourth-order valence-electron chi connectivity index (χ4n) is 2.56. The van der Waals surface area contributed by atoms with Crippen LogP contribution >= 0.6 is 0 Å². The molecule has 0 radical (unpaired) electrons. The molecule has 2 N–H and O–H groups in total. The molecule has 3 aromatic rings. The molecule has 0 saturated carbocycles. The third-order valence-corrected chi connectivity index (χ3v) is 3.91. The SMILES string of the molecule is COc1cccc(CCNc2cc(C(=O)Nc3ccccc3)ccn2)c1. The average Bonchev–Trinajstić information content (AvgIpc) is 2.69. The van der Waals surface area contributed by atoms with Gasteiger partial charge in [0.1, 0.15) is 11.6 Å². The number of anilines is 2. The number of ether oxygens (including phenoxy) is 1. The van der Waals surface area contributed by atoms with E-state index >= 15 is 0 Å². The molecule has 0 fully saturated rings. The average molecular weight is 347 g/mol. The fraction of sp³-hybridized carbons (Fsp3) is 0.143. The second-order valence-electron chi connectivity index (χ2n) is 5.78. The number of aromatic nitrogens is 1. The number of pyridine rings is 1. The van der Waals surface area contributed by atoms with E-state index in [4.69, 9.17) is 4.74 Å². The highest BCUT2D eigenvalue weighted by atomic mass is 16.5. The fourth-order valence-corrected chi connectivity index (χ4v) is 2.56. The summed E-state index contributed by atoms with van der Waals surface area (Å²) in [6.45, 7) is 0.712. The van der Waals surface area contributed by atoms with Crippen molar-refractivity contribution in [2.45, 2.75) is 6.42 Å². The molecule has 2 aromatic carbocycles. The maximum Gasteiger partial charge on any atom is 0.255 e. The molecule has 5 heteroatoms. The smallest absolute Gasteiger partial charge is 0.255 e. The predicted octanol–water partition coefficient (Wildman–Crippen LogP) is 4.00. The minimum absolute atomic E-state index is 0.158. The Kier molecular flexibility index (Phi) is 5.83. The Bertz CT molecular complexity index is 866. The van der Waals surface area contributed by atoms with Crippen molar-refractivity contribution in [3.8, 4) is 5.75 Å². The van der Waals surface area contributed by atoms with Gasteiger partial charge in [0.15, 0.2) is 0 Å². The Balaban J connectivity index is 1.57. The van der Waals surface area contributed by atoms with Crippen molar-refractivity contribution in [3.63, 3.8) is 0 Å². The molecule has 0 saturated heterocycles. The molecule has 1 amide bonds. The van der Waals surface area contributed by atoms with E-state index in [1.54, 1.807) is 25.4 Å². The normalized spacial score (nSPS) is 10.2. The third kappa shape index (κ3) is 4.83. The molecule has 132 valence electrons. The van der Waals surface area contributed by atoms with Crippen molar-refractivity contribution in [1.29, 1.82) is 0 Å². The number of carbonyl (C=O) groups excluding carboxylic acids is 1. The first-order chi connectivity index (χ1) is 12.7. The third-order valence-electron chi connectivity index (χ3n) is 3.91. The monoisotopic (exact) mass is 347 g/mol. The molecule has 0 aliphatic heterocycles. The van der Waals surface area contributed by atoms with Gasteiger partial charge in [-0.1, -0.05) is 30.3 Å². The van der Waals surface area contributed by atoms with Gasteiger partial charge in [-0.2, -0.15) is 0 Å². The summed E-state index contributed by atoms with van der Waals surface area (Å²) in [5.74, 6) is 1.36. The molecule has 5 nitrogen and oxygen atoms in total. The minimum Gasteiger partial charge on any atom is -0.497 e. The number of benzene rings is 2. The van der Waals surface area contributed by atoms with Crippen LogP contribution in [0.1, 0.15) is 15.9 Å². The maximum absolute atomic E-state index is 12.4. The van der Waals surface area contributed by atoms with Crippen molar-refractivity contribution in [2.24, 2.45) is 0 Å². The van der Waals surface area contributed by atoms with Crippen LogP contribution in [-0.2, 0) is 6.42 Å². The van der Waals surface area contributed by atoms with Crippen LogP contribution in [0.15, 0.2) is 72.9 Å². The molecule has 0 atom stereocenters. The van der Waals surface area contributed by atoms with Crippen LogP contribution in [0.5, 0.6) is 5.75 Å². The topological polar surface area (TPSA) is 63.2 Å². The summed E-state index contributed by atoms with van der Waals surface area (Å²) in [6, 6.07) is 20.8. The van der Waals surface area contributed by atoms with Crippen LogP contribution in [0, 0.1) is 0 Å². The highest BCUT2D eigenvalue weighted by Crippen LogP contribution is 2.14. The van der Waals surface area contributed by atoms with Crippen molar-refractivity contribution in [1.82, 2.24) is 4.98 Å². The van der Waals surface area contributed by atoms with E-state index in [0.29, 0.717) is 17.9 Å². The zero-order valence-electron chi connectivity index (χ0n) is 14.6. The Morgan fingerprint density at radius 1 is 1.04 bits per heavy atom. The van der Waals surface area contributed by atoms with Crippen molar-refractivity contribution < 1.29 is 9.53 Å². The Hall–Kier alpha value is -3.34. The largest absolute Gasteiger partial charge is 0.497 e. The molecule has 0 aliphatic carbocycles. The maximum atomic E-state index is 12.4. The van der Waals surface area contributed by atoms with E-state index < -0.39 is 0 Å². The van der Waals surface area contributed by atoms with Crippen molar-refractivity contribution in [3.05, 3.63) is 84.1 Å². The molecule has 1 aromatic heterocycles. The Labute approximate surface area is 153 Å². The highest BCUT2D eigenvalue weighted by molar-refractivity contribution is 6.04. The van der Waals surface area contributed by atoms with E-state index in [9.17, 15) is 4.79 Å². The van der Waals surface area contributed by atoms with Crippen LogP contribution in [0.2, 0.25) is 0 Å². The lowest BCUT2D eigenvalue weighted by Gasteiger charge is -2.09. The van der Waals surface area contributed by atoms with E-state index in [-0.39, 0.29) is 5.91 Å². The number of hydrogen-bond donors (Lipinski definition) is 2. The van der Waals surface area contributed by atoms with Crippen LogP contribution in [-0.4, -0.2) is 24.5 Å². The van der Waals surface area contributed by atoms with Crippen LogP contribution in [0.25, 0.3) is 0 Å². The second-order valence-corrected chi connectivity index (χ2v) is 5.78. The van der Waals surface area contributed by atoms with Gasteiger partial charge in [-0.25, -0.2) is 4.98 Å². The molecule has 0 spiro atoms. The van der Waals surface area contributed by atoms with Gasteiger partial charge < -0.3 is 15.4 Å². The van der Waals surface area contributed by atoms with Gasteiger partial charge in [-0.15, -0.1) is 0 Å². The highest BCUT2D eigenvalue weighted by Gasteiger charge is 2.07. The number of hydrogen-bond acceptors (Lipinski definition) is 4. The number of nitrogens with one attached hydrogen (secondary N) is 2. The van der Waals surface area contributed by atoms with E-state index in [1.807, 2.05) is 48.5 Å². The van der Waals surface area contributed by atoms with Crippen molar-refractivity contribution in [2.75, 3.05) is 24.3 Å². The summed E-state index contributed by atoms with van der Waals surface area (Å²) >= 11 is 0. The number of amides is 1. The Morgan fingerprint density at radius 3 is 2.69 bits per heavy atom. The first kappa shape index (κ1) is 17.5. The number of carbonyl (C=O) groups is 1. The van der Waals surface area contributed by atoms with Gasteiger partial charge >= 0.3 is 0 Å². The van der Waals surface area contributed by atoms with Gasteiger partial charge in [0, 0.05) is 24.0 Å². The van der Waals surface area contributed by atoms with Gasteiger partial charge in [0.2, 0.25) is 0 Å². The Morgan fingerprint density at radius 2 is 1.88 bits per heavy atom. The van der Waals surface area contributed by atoms with Crippen LogP contribution in [0.3, 0.4) is 0 Å². The zero-order valence-corrected chi connectivity index (χ0v) is 14.6. The molecule has 0 bridgehead atoms. The number of methoxy groups -OCH3 is 1. The molecule has 26 heavy (non-hydrogen) atoms.